The molecule has 4 rings (SSSR count). The number of hydrogen-bond acceptors (Lipinski definition) is 3. The molecule has 2 atom stereocenters. The van der Waals surface area contributed by atoms with E-state index in [1.165, 1.54) is 12.1 Å². The molecule has 0 radical (unpaired) electrons. The van der Waals surface area contributed by atoms with Gasteiger partial charge in [-0.25, -0.2) is 9.37 Å². The third-order valence-corrected chi connectivity index (χ3v) is 5.40. The molecule has 0 bridgehead atoms. The Hall–Kier alpha value is -2.89. The summed E-state index contributed by atoms with van der Waals surface area (Å²) in [5.41, 5.74) is 1.76. The lowest BCUT2D eigenvalue weighted by Gasteiger charge is -2.27. The van der Waals surface area contributed by atoms with E-state index in [9.17, 15) is 9.18 Å². The first-order valence-electron chi connectivity index (χ1n) is 9.72. The van der Waals surface area contributed by atoms with Gasteiger partial charge in [-0.1, -0.05) is 12.1 Å². The Labute approximate surface area is 163 Å². The highest BCUT2D eigenvalue weighted by Crippen LogP contribution is 2.34. The van der Waals surface area contributed by atoms with Gasteiger partial charge < -0.3 is 14.3 Å². The zero-order valence-electron chi connectivity index (χ0n) is 15.9. The van der Waals surface area contributed by atoms with Crippen LogP contribution in [-0.2, 0) is 17.8 Å². The van der Waals surface area contributed by atoms with Gasteiger partial charge >= 0.3 is 0 Å². The molecule has 1 amide bonds. The maximum Gasteiger partial charge on any atom is 0.221 e. The summed E-state index contributed by atoms with van der Waals surface area (Å²) in [5, 5.41) is 2.90. The fourth-order valence-corrected chi connectivity index (χ4v) is 4.02. The monoisotopic (exact) mass is 381 g/mol. The number of amides is 1. The lowest BCUT2D eigenvalue weighted by Crippen LogP contribution is -2.26. The number of imidazole rings is 1. The predicted molar refractivity (Wildman–Crippen MR) is 103 cm³/mol. The standard InChI is InChI=1S/C22H24FN3O2/c1-15-5-2-9-21-24-14-20(26(15)21)19(16-6-3-7-17(23)11-16)12-22(27)25-13-18-8-4-10-28-18/h3-4,6-8,10-11,14-15,19H,2,5,9,12-13H2,1H3,(H,25,27)/t15-,19+/m1/s1. The van der Waals surface area contributed by atoms with Crippen molar-refractivity contribution in [3.05, 3.63) is 77.5 Å². The molecule has 0 saturated heterocycles. The van der Waals surface area contributed by atoms with Crippen molar-refractivity contribution < 1.29 is 13.6 Å². The van der Waals surface area contributed by atoms with Crippen LogP contribution < -0.4 is 5.32 Å². The van der Waals surface area contributed by atoms with Crippen molar-refractivity contribution in [3.8, 4) is 0 Å². The Balaban J connectivity index is 1.61. The number of aryl methyl sites for hydroxylation is 1. The molecule has 3 aromatic rings. The highest BCUT2D eigenvalue weighted by molar-refractivity contribution is 5.77. The van der Waals surface area contributed by atoms with Crippen LogP contribution in [0.3, 0.4) is 0 Å². The quantitative estimate of drug-likeness (QED) is 0.690. The molecule has 0 unspecified atom stereocenters. The van der Waals surface area contributed by atoms with Gasteiger partial charge in [0, 0.05) is 36.7 Å². The van der Waals surface area contributed by atoms with Crippen molar-refractivity contribution >= 4 is 5.91 Å². The molecule has 28 heavy (non-hydrogen) atoms. The average Bonchev–Trinajstić information content (AvgIpc) is 3.35. The van der Waals surface area contributed by atoms with E-state index in [2.05, 4.69) is 21.8 Å². The highest BCUT2D eigenvalue weighted by atomic mass is 19.1. The smallest absolute Gasteiger partial charge is 0.221 e. The van der Waals surface area contributed by atoms with Gasteiger partial charge in [-0.05, 0) is 49.6 Å². The first kappa shape index (κ1) is 18.5. The van der Waals surface area contributed by atoms with Gasteiger partial charge in [0.25, 0.3) is 0 Å². The van der Waals surface area contributed by atoms with Crippen molar-refractivity contribution in [1.29, 1.82) is 0 Å². The van der Waals surface area contributed by atoms with Crippen LogP contribution in [0.2, 0.25) is 0 Å². The molecule has 0 aliphatic carbocycles. The van der Waals surface area contributed by atoms with Gasteiger partial charge in [0.15, 0.2) is 0 Å². The fraction of sp³-hybridized carbons (Fsp3) is 0.364. The van der Waals surface area contributed by atoms with Crippen molar-refractivity contribution in [3.63, 3.8) is 0 Å². The molecule has 6 heteroatoms. The van der Waals surface area contributed by atoms with Crippen molar-refractivity contribution in [2.24, 2.45) is 0 Å². The Morgan fingerprint density at radius 2 is 2.29 bits per heavy atom. The number of carbonyl (C=O) groups is 1. The van der Waals surface area contributed by atoms with E-state index < -0.39 is 0 Å². The van der Waals surface area contributed by atoms with Crippen LogP contribution in [0.25, 0.3) is 0 Å². The number of carbonyl (C=O) groups excluding carboxylic acids is 1. The highest BCUT2D eigenvalue weighted by Gasteiger charge is 2.27. The summed E-state index contributed by atoms with van der Waals surface area (Å²) < 4.78 is 21.4. The van der Waals surface area contributed by atoms with Crippen LogP contribution in [0.15, 0.2) is 53.3 Å². The van der Waals surface area contributed by atoms with E-state index in [-0.39, 0.29) is 24.1 Å². The Kier molecular flexibility index (Phi) is 5.28. The second-order valence-electron chi connectivity index (χ2n) is 7.38. The lowest BCUT2D eigenvalue weighted by atomic mass is 9.91. The Bertz CT molecular complexity index is 949. The minimum absolute atomic E-state index is 0.107. The summed E-state index contributed by atoms with van der Waals surface area (Å²) in [6.45, 7) is 2.51. The predicted octanol–water partition coefficient (Wildman–Crippen LogP) is 4.35. The third kappa shape index (κ3) is 3.86. The summed E-state index contributed by atoms with van der Waals surface area (Å²) >= 11 is 0. The van der Waals surface area contributed by atoms with Gasteiger partial charge in [0.05, 0.1) is 12.8 Å². The minimum atomic E-state index is -0.301. The molecule has 1 aliphatic rings. The van der Waals surface area contributed by atoms with Crippen molar-refractivity contribution in [2.75, 3.05) is 0 Å². The second kappa shape index (κ2) is 8.00. The minimum Gasteiger partial charge on any atom is -0.467 e. The van der Waals surface area contributed by atoms with Crippen LogP contribution in [0.4, 0.5) is 4.39 Å². The van der Waals surface area contributed by atoms with Crippen LogP contribution in [0.5, 0.6) is 0 Å². The van der Waals surface area contributed by atoms with Gasteiger partial charge in [-0.3, -0.25) is 4.79 Å². The van der Waals surface area contributed by atoms with E-state index >= 15 is 0 Å². The summed E-state index contributed by atoms with van der Waals surface area (Å²) in [6, 6.07) is 10.4. The summed E-state index contributed by atoms with van der Waals surface area (Å²) in [4.78, 5) is 17.3. The van der Waals surface area contributed by atoms with E-state index in [1.807, 2.05) is 18.3 Å². The molecule has 1 N–H and O–H groups in total. The fourth-order valence-electron chi connectivity index (χ4n) is 4.02. The first-order valence-corrected chi connectivity index (χ1v) is 9.72. The molecule has 0 spiro atoms. The van der Waals surface area contributed by atoms with Crippen LogP contribution >= 0.6 is 0 Å². The number of aromatic nitrogens is 2. The number of hydrogen-bond donors (Lipinski definition) is 1. The number of benzene rings is 1. The van der Waals surface area contributed by atoms with Crippen LogP contribution in [0, 0.1) is 5.82 Å². The number of furan rings is 1. The summed E-state index contributed by atoms with van der Waals surface area (Å²) in [5.74, 6) is 1.08. The topological polar surface area (TPSA) is 60.1 Å². The van der Waals surface area contributed by atoms with Gasteiger partial charge in [0.2, 0.25) is 5.91 Å². The molecule has 3 heterocycles. The average molecular weight is 381 g/mol. The lowest BCUT2D eigenvalue weighted by molar-refractivity contribution is -0.121. The largest absolute Gasteiger partial charge is 0.467 e. The molecule has 5 nitrogen and oxygen atoms in total. The van der Waals surface area contributed by atoms with Gasteiger partial charge in [-0.2, -0.15) is 0 Å². The third-order valence-electron chi connectivity index (χ3n) is 5.40. The van der Waals surface area contributed by atoms with E-state index in [0.717, 1.165) is 36.3 Å². The second-order valence-corrected chi connectivity index (χ2v) is 7.38. The van der Waals surface area contributed by atoms with Crippen LogP contribution in [0.1, 0.15) is 61.0 Å². The molecular formula is C22H24FN3O2. The van der Waals surface area contributed by atoms with E-state index in [0.29, 0.717) is 18.3 Å². The summed E-state index contributed by atoms with van der Waals surface area (Å²) in [6.07, 6.45) is 6.79. The van der Waals surface area contributed by atoms with E-state index in [4.69, 9.17) is 4.42 Å². The van der Waals surface area contributed by atoms with Crippen molar-refractivity contribution in [2.45, 2.75) is 51.1 Å². The van der Waals surface area contributed by atoms with Gasteiger partial charge in [0.1, 0.15) is 17.4 Å². The summed E-state index contributed by atoms with van der Waals surface area (Å²) in [7, 11) is 0. The molecule has 0 fully saturated rings. The molecule has 1 aromatic carbocycles. The molecular weight excluding hydrogens is 357 g/mol. The molecule has 1 aliphatic heterocycles. The molecule has 146 valence electrons. The van der Waals surface area contributed by atoms with E-state index in [1.54, 1.807) is 18.4 Å². The maximum absolute atomic E-state index is 13.9. The molecule has 0 saturated carbocycles. The number of nitrogens with zero attached hydrogens (tertiary/aromatic N) is 2. The van der Waals surface area contributed by atoms with Crippen LogP contribution in [-0.4, -0.2) is 15.5 Å². The maximum atomic E-state index is 13.9. The zero-order chi connectivity index (χ0) is 19.5. The Morgan fingerprint density at radius 1 is 1.39 bits per heavy atom. The van der Waals surface area contributed by atoms with Gasteiger partial charge in [-0.15, -0.1) is 0 Å². The normalized spacial score (nSPS) is 17.1. The first-order chi connectivity index (χ1) is 13.6. The Morgan fingerprint density at radius 3 is 3.07 bits per heavy atom. The SMILES string of the molecule is C[C@@H]1CCCc2ncc([C@@H](CC(=O)NCc3ccco3)c3cccc(F)c3)n21. The molecule has 2 aromatic heterocycles. The number of rotatable bonds is 6. The number of fused-ring (bicyclic) bond motifs is 1. The number of nitrogens with one attached hydrogen (secondary N) is 1. The zero-order valence-corrected chi connectivity index (χ0v) is 15.9. The number of halogens is 1. The van der Waals surface area contributed by atoms with Crippen molar-refractivity contribution in [1.82, 2.24) is 14.9 Å².